The molecule has 1 amide bonds. The quantitative estimate of drug-likeness (QED) is 0.480. The molecule has 1 aromatic rings. The van der Waals surface area contributed by atoms with E-state index in [2.05, 4.69) is 0 Å². The Bertz CT molecular complexity index is 654. The summed E-state index contributed by atoms with van der Waals surface area (Å²) >= 11 is 0. The number of halogens is 2. The number of nitrogens with one attached hydrogen (secondary N) is 1. The third-order valence-electron chi connectivity index (χ3n) is 2.42. The van der Waals surface area contributed by atoms with Gasteiger partial charge >= 0.3 is 11.7 Å². The van der Waals surface area contributed by atoms with Gasteiger partial charge in [-0.25, -0.2) is 9.18 Å². The lowest BCUT2D eigenvalue weighted by Crippen LogP contribution is -2.41. The Hall–Kier alpha value is -3.02. The summed E-state index contributed by atoms with van der Waals surface area (Å²) in [5.41, 5.74) is -2.35. The van der Waals surface area contributed by atoms with Gasteiger partial charge in [0.05, 0.1) is 4.92 Å². The molecule has 110 valence electrons. The topological polar surface area (TPSA) is 110 Å². The molecule has 0 heterocycles. The van der Waals surface area contributed by atoms with Gasteiger partial charge in [-0.1, -0.05) is 0 Å². The molecule has 1 unspecified atom stereocenters. The summed E-state index contributed by atoms with van der Waals surface area (Å²) in [5, 5.41) is 21.1. The van der Waals surface area contributed by atoms with E-state index in [0.29, 0.717) is 12.1 Å². The molecule has 0 bridgehead atoms. The first-order valence-corrected chi connectivity index (χ1v) is 5.39. The van der Waals surface area contributed by atoms with Crippen LogP contribution in [0.5, 0.6) is 0 Å². The van der Waals surface area contributed by atoms with E-state index in [1.165, 1.54) is 0 Å². The van der Waals surface area contributed by atoms with Crippen molar-refractivity contribution < 1.29 is 28.4 Å². The largest absolute Gasteiger partial charge is 0.480 e. The molecule has 9 heteroatoms. The maximum atomic E-state index is 13.7. The Morgan fingerprint density at radius 3 is 2.57 bits per heavy atom. The zero-order valence-corrected chi connectivity index (χ0v) is 10.3. The Morgan fingerprint density at radius 2 is 2.10 bits per heavy atom. The number of benzene rings is 1. The first-order valence-electron chi connectivity index (χ1n) is 5.39. The molecule has 0 aliphatic carbocycles. The summed E-state index contributed by atoms with van der Waals surface area (Å²) in [4.78, 5) is 31.9. The lowest BCUT2D eigenvalue weighted by atomic mass is 10.1. The summed E-state index contributed by atoms with van der Waals surface area (Å²) in [6, 6.07) is -0.481. The normalized spacial score (nSPS) is 11.3. The second-order valence-corrected chi connectivity index (χ2v) is 3.79. The minimum Gasteiger partial charge on any atom is -0.480 e. The van der Waals surface area contributed by atoms with E-state index in [0.717, 1.165) is 0 Å². The molecule has 1 aromatic carbocycles. The smallest absolute Gasteiger partial charge is 0.327 e. The van der Waals surface area contributed by atoms with Crippen LogP contribution in [0, 0.1) is 34.1 Å². The first-order chi connectivity index (χ1) is 9.79. The van der Waals surface area contributed by atoms with Crippen LogP contribution >= 0.6 is 0 Å². The second-order valence-electron chi connectivity index (χ2n) is 3.79. The van der Waals surface area contributed by atoms with Gasteiger partial charge in [-0.05, 0) is 6.07 Å². The summed E-state index contributed by atoms with van der Waals surface area (Å²) in [7, 11) is 0. The molecule has 7 nitrogen and oxygen atoms in total. The van der Waals surface area contributed by atoms with Gasteiger partial charge in [0.1, 0.15) is 17.4 Å². The van der Waals surface area contributed by atoms with Crippen molar-refractivity contribution in [3.05, 3.63) is 39.4 Å². The van der Waals surface area contributed by atoms with Gasteiger partial charge in [0.2, 0.25) is 5.82 Å². The molecule has 0 saturated carbocycles. The molecule has 0 radical (unpaired) electrons. The molecule has 0 aromatic heterocycles. The Labute approximate surface area is 116 Å². The molecule has 0 saturated heterocycles. The number of nitro benzene ring substituents is 1. The number of terminal acetylenes is 1. The number of hydrogen-bond donors (Lipinski definition) is 2. The third-order valence-corrected chi connectivity index (χ3v) is 2.42. The van der Waals surface area contributed by atoms with Crippen LogP contribution in [0.25, 0.3) is 0 Å². The second kappa shape index (κ2) is 6.42. The molecule has 1 rings (SSSR count). The van der Waals surface area contributed by atoms with Crippen molar-refractivity contribution in [2.24, 2.45) is 0 Å². The number of hydrogen-bond acceptors (Lipinski definition) is 4. The standard InChI is InChI=1S/C12H8F2N2O5/c1-2-3-7(12(18)19)15-11(17)9-6(13)4-5-8(10(9)14)16(20)21/h1,4-5,7H,3H2,(H,15,17)(H,18,19). The fourth-order valence-electron chi connectivity index (χ4n) is 1.44. The van der Waals surface area contributed by atoms with Crippen LogP contribution in [0.1, 0.15) is 16.8 Å². The highest BCUT2D eigenvalue weighted by Crippen LogP contribution is 2.23. The maximum Gasteiger partial charge on any atom is 0.327 e. The number of carboxylic acid groups (broad SMARTS) is 1. The molecular formula is C12H8F2N2O5. The van der Waals surface area contributed by atoms with Crippen molar-refractivity contribution >= 4 is 17.6 Å². The van der Waals surface area contributed by atoms with E-state index < -0.39 is 52.1 Å². The van der Waals surface area contributed by atoms with Crippen LogP contribution in [0.2, 0.25) is 0 Å². The highest BCUT2D eigenvalue weighted by atomic mass is 19.1. The molecule has 21 heavy (non-hydrogen) atoms. The van der Waals surface area contributed by atoms with E-state index in [1.54, 1.807) is 5.32 Å². The molecule has 0 fully saturated rings. The van der Waals surface area contributed by atoms with Crippen molar-refractivity contribution in [3.63, 3.8) is 0 Å². The minimum atomic E-state index is -1.69. The van der Waals surface area contributed by atoms with Crippen LogP contribution < -0.4 is 5.32 Å². The molecule has 0 aliphatic rings. The Morgan fingerprint density at radius 1 is 1.48 bits per heavy atom. The molecule has 0 spiro atoms. The summed E-state index contributed by atoms with van der Waals surface area (Å²) in [6.07, 6.45) is 4.49. The Balaban J connectivity index is 3.19. The van der Waals surface area contributed by atoms with Crippen LogP contribution in [0.4, 0.5) is 14.5 Å². The minimum absolute atomic E-state index is 0.417. The SMILES string of the molecule is C#CCC(NC(=O)c1c(F)ccc([N+](=O)[O-])c1F)C(=O)O. The third kappa shape index (κ3) is 3.50. The van der Waals surface area contributed by atoms with Gasteiger partial charge in [0.25, 0.3) is 5.91 Å². The lowest BCUT2D eigenvalue weighted by Gasteiger charge is -2.12. The summed E-state index contributed by atoms with van der Waals surface area (Å²) in [5.74, 6) is -4.03. The molecular weight excluding hydrogens is 290 g/mol. The van der Waals surface area contributed by atoms with Gasteiger partial charge in [0, 0.05) is 12.5 Å². The van der Waals surface area contributed by atoms with Gasteiger partial charge in [0.15, 0.2) is 0 Å². The van der Waals surface area contributed by atoms with E-state index in [4.69, 9.17) is 11.5 Å². The number of carbonyl (C=O) groups is 2. The predicted octanol–water partition coefficient (Wildman–Crippen LogP) is 1.08. The van der Waals surface area contributed by atoms with Crippen molar-refractivity contribution in [1.29, 1.82) is 0 Å². The van der Waals surface area contributed by atoms with Crippen molar-refractivity contribution in [3.8, 4) is 12.3 Å². The van der Waals surface area contributed by atoms with Crippen molar-refractivity contribution in [2.75, 3.05) is 0 Å². The number of nitrogens with zero attached hydrogens (tertiary/aromatic N) is 1. The Kier molecular flexibility index (Phi) is 4.91. The van der Waals surface area contributed by atoms with Gasteiger partial charge < -0.3 is 10.4 Å². The van der Waals surface area contributed by atoms with E-state index in [-0.39, 0.29) is 0 Å². The molecule has 2 N–H and O–H groups in total. The van der Waals surface area contributed by atoms with Crippen molar-refractivity contribution in [1.82, 2.24) is 5.32 Å². The molecule has 1 atom stereocenters. The highest BCUT2D eigenvalue weighted by molar-refractivity contribution is 5.97. The number of nitro groups is 1. The summed E-state index contributed by atoms with van der Waals surface area (Å²) in [6.45, 7) is 0. The number of amides is 1. The number of carbonyl (C=O) groups excluding carboxylic acids is 1. The monoisotopic (exact) mass is 298 g/mol. The zero-order chi connectivity index (χ0) is 16.2. The average molecular weight is 298 g/mol. The van der Waals surface area contributed by atoms with Gasteiger partial charge in [-0.15, -0.1) is 12.3 Å². The predicted molar refractivity (Wildman–Crippen MR) is 65.4 cm³/mol. The number of carboxylic acids is 1. The van der Waals surface area contributed by atoms with Gasteiger partial charge in [-0.2, -0.15) is 4.39 Å². The van der Waals surface area contributed by atoms with Gasteiger partial charge in [-0.3, -0.25) is 14.9 Å². The lowest BCUT2D eigenvalue weighted by molar-refractivity contribution is -0.387. The van der Waals surface area contributed by atoms with Crippen LogP contribution in [0.3, 0.4) is 0 Å². The van der Waals surface area contributed by atoms with E-state index in [1.807, 2.05) is 5.92 Å². The fraction of sp³-hybridized carbons (Fsp3) is 0.167. The first kappa shape index (κ1) is 16.0. The van der Waals surface area contributed by atoms with E-state index >= 15 is 0 Å². The van der Waals surface area contributed by atoms with Crippen LogP contribution in [0.15, 0.2) is 12.1 Å². The fourth-order valence-corrected chi connectivity index (χ4v) is 1.44. The van der Waals surface area contributed by atoms with Crippen LogP contribution in [-0.2, 0) is 4.79 Å². The van der Waals surface area contributed by atoms with E-state index in [9.17, 15) is 28.5 Å². The maximum absolute atomic E-state index is 13.7. The average Bonchev–Trinajstić information content (AvgIpc) is 2.37. The van der Waals surface area contributed by atoms with Crippen LogP contribution in [-0.4, -0.2) is 27.9 Å². The summed E-state index contributed by atoms with van der Waals surface area (Å²) < 4.78 is 27.2. The zero-order valence-electron chi connectivity index (χ0n) is 10.3. The number of aliphatic carboxylic acids is 1. The highest BCUT2D eigenvalue weighted by Gasteiger charge is 2.28. The number of rotatable bonds is 5. The molecule has 0 aliphatic heterocycles. The van der Waals surface area contributed by atoms with Crippen molar-refractivity contribution in [2.45, 2.75) is 12.5 Å².